The highest BCUT2D eigenvalue weighted by Gasteiger charge is 2.14. The summed E-state index contributed by atoms with van der Waals surface area (Å²) in [5, 5.41) is 4.97. The van der Waals surface area contributed by atoms with Crippen LogP contribution >= 0.6 is 0 Å². The second-order valence-electron chi connectivity index (χ2n) is 8.35. The summed E-state index contributed by atoms with van der Waals surface area (Å²) >= 11 is 0. The van der Waals surface area contributed by atoms with Gasteiger partial charge in [0.2, 0.25) is 0 Å². The SMILES string of the molecule is COc1cc(C=Nn2c(-c3cccc(C)c3)nc3ccccc3c2=O)ccc1OC(=O)c1ccccc1. The molecular formula is C30H23N3O4. The number of para-hydroxylation sites is 1. The minimum atomic E-state index is -0.489. The van der Waals surface area contributed by atoms with Gasteiger partial charge in [0.25, 0.3) is 5.56 Å². The van der Waals surface area contributed by atoms with E-state index in [1.54, 1.807) is 60.8 Å². The molecule has 0 saturated heterocycles. The zero-order valence-corrected chi connectivity index (χ0v) is 20.3. The molecule has 5 aromatic rings. The van der Waals surface area contributed by atoms with Crippen molar-refractivity contribution in [1.29, 1.82) is 0 Å². The summed E-state index contributed by atoms with van der Waals surface area (Å²) in [6.45, 7) is 1.98. The number of hydrogen-bond donors (Lipinski definition) is 0. The molecule has 7 nitrogen and oxygen atoms in total. The van der Waals surface area contributed by atoms with Gasteiger partial charge in [-0.05, 0) is 61.0 Å². The number of aryl methyl sites for hydroxylation is 1. The molecule has 37 heavy (non-hydrogen) atoms. The number of aromatic nitrogens is 2. The maximum Gasteiger partial charge on any atom is 0.343 e. The topological polar surface area (TPSA) is 82.8 Å². The van der Waals surface area contributed by atoms with Crippen LogP contribution in [0, 0.1) is 6.92 Å². The lowest BCUT2D eigenvalue weighted by Gasteiger charge is -2.11. The predicted molar refractivity (Wildman–Crippen MR) is 144 cm³/mol. The Morgan fingerprint density at radius 3 is 2.46 bits per heavy atom. The lowest BCUT2D eigenvalue weighted by atomic mass is 10.1. The number of fused-ring (bicyclic) bond motifs is 1. The Bertz CT molecular complexity index is 1690. The smallest absolute Gasteiger partial charge is 0.343 e. The van der Waals surface area contributed by atoms with E-state index in [1.165, 1.54) is 11.8 Å². The van der Waals surface area contributed by atoms with E-state index in [1.807, 2.05) is 49.4 Å². The minimum Gasteiger partial charge on any atom is -0.493 e. The molecule has 0 unspecified atom stereocenters. The Kier molecular flexibility index (Phi) is 6.59. The van der Waals surface area contributed by atoms with Gasteiger partial charge in [-0.25, -0.2) is 9.78 Å². The summed E-state index contributed by atoms with van der Waals surface area (Å²) in [5.41, 5.74) is 3.22. The van der Waals surface area contributed by atoms with Crippen molar-refractivity contribution in [2.24, 2.45) is 5.10 Å². The quantitative estimate of drug-likeness (QED) is 0.179. The van der Waals surface area contributed by atoms with Crippen LogP contribution in [0.3, 0.4) is 0 Å². The molecule has 0 aliphatic carbocycles. The number of hydrogen-bond acceptors (Lipinski definition) is 6. The van der Waals surface area contributed by atoms with Crippen LogP contribution in [0.1, 0.15) is 21.5 Å². The highest BCUT2D eigenvalue weighted by molar-refractivity contribution is 5.91. The van der Waals surface area contributed by atoms with Crippen LogP contribution in [-0.4, -0.2) is 29.0 Å². The van der Waals surface area contributed by atoms with Gasteiger partial charge in [-0.2, -0.15) is 9.78 Å². The lowest BCUT2D eigenvalue weighted by molar-refractivity contribution is 0.0729. The van der Waals surface area contributed by atoms with Gasteiger partial charge < -0.3 is 9.47 Å². The van der Waals surface area contributed by atoms with Crippen LogP contribution in [0.2, 0.25) is 0 Å². The highest BCUT2D eigenvalue weighted by atomic mass is 16.6. The molecule has 0 atom stereocenters. The van der Waals surface area contributed by atoms with Gasteiger partial charge in [-0.15, -0.1) is 0 Å². The Morgan fingerprint density at radius 2 is 1.68 bits per heavy atom. The third kappa shape index (κ3) is 5.01. The summed E-state index contributed by atoms with van der Waals surface area (Å²) in [6.07, 6.45) is 1.54. The van der Waals surface area contributed by atoms with E-state index in [0.717, 1.165) is 11.1 Å². The van der Waals surface area contributed by atoms with E-state index in [9.17, 15) is 9.59 Å². The van der Waals surface area contributed by atoms with Gasteiger partial charge >= 0.3 is 5.97 Å². The van der Waals surface area contributed by atoms with Gasteiger partial charge in [0.15, 0.2) is 17.3 Å². The molecule has 1 heterocycles. The fraction of sp³-hybridized carbons (Fsp3) is 0.0667. The second-order valence-corrected chi connectivity index (χ2v) is 8.35. The predicted octanol–water partition coefficient (Wildman–Crippen LogP) is 5.48. The number of esters is 1. The van der Waals surface area contributed by atoms with E-state index in [4.69, 9.17) is 14.5 Å². The van der Waals surface area contributed by atoms with Crippen molar-refractivity contribution >= 4 is 23.1 Å². The van der Waals surface area contributed by atoms with Crippen LogP contribution in [-0.2, 0) is 0 Å². The van der Waals surface area contributed by atoms with Gasteiger partial charge in [-0.3, -0.25) is 4.79 Å². The molecule has 0 amide bonds. The number of ether oxygens (including phenoxy) is 2. The summed E-state index contributed by atoms with van der Waals surface area (Å²) in [6, 6.07) is 28.7. The van der Waals surface area contributed by atoms with Gasteiger partial charge in [-0.1, -0.05) is 54.1 Å². The molecule has 0 radical (unpaired) electrons. The Balaban J connectivity index is 1.52. The molecular weight excluding hydrogens is 466 g/mol. The second kappa shape index (κ2) is 10.3. The summed E-state index contributed by atoms with van der Waals surface area (Å²) in [4.78, 5) is 30.6. The molecule has 7 heteroatoms. The molecule has 0 spiro atoms. The van der Waals surface area contributed by atoms with E-state index in [-0.39, 0.29) is 11.3 Å². The highest BCUT2D eigenvalue weighted by Crippen LogP contribution is 2.28. The molecule has 0 bridgehead atoms. The van der Waals surface area contributed by atoms with Crippen molar-refractivity contribution < 1.29 is 14.3 Å². The number of nitrogens with zero attached hydrogens (tertiary/aromatic N) is 3. The molecule has 0 N–H and O–H groups in total. The molecule has 182 valence electrons. The third-order valence-electron chi connectivity index (χ3n) is 5.75. The molecule has 5 rings (SSSR count). The van der Waals surface area contributed by atoms with Crippen molar-refractivity contribution in [3.05, 3.63) is 124 Å². The first kappa shape index (κ1) is 23.7. The molecule has 0 aliphatic heterocycles. The summed E-state index contributed by atoms with van der Waals surface area (Å²) in [5.74, 6) is 0.579. The zero-order chi connectivity index (χ0) is 25.8. The molecule has 4 aromatic carbocycles. The normalized spacial score (nSPS) is 11.1. The van der Waals surface area contributed by atoms with Crippen LogP contribution in [0.25, 0.3) is 22.3 Å². The Morgan fingerprint density at radius 1 is 0.892 bits per heavy atom. The van der Waals surface area contributed by atoms with E-state index in [2.05, 4.69) is 5.10 Å². The van der Waals surface area contributed by atoms with Crippen molar-refractivity contribution in [2.45, 2.75) is 6.92 Å². The number of carbonyl (C=O) groups excluding carboxylic acids is 1. The maximum atomic E-state index is 13.4. The first-order valence-corrected chi connectivity index (χ1v) is 11.6. The fourth-order valence-corrected chi connectivity index (χ4v) is 3.91. The monoisotopic (exact) mass is 489 g/mol. The molecule has 1 aromatic heterocycles. The number of methoxy groups -OCH3 is 1. The van der Waals surface area contributed by atoms with Gasteiger partial charge in [0, 0.05) is 5.56 Å². The average molecular weight is 490 g/mol. The van der Waals surface area contributed by atoms with Gasteiger partial charge in [0.05, 0.1) is 29.8 Å². The minimum absolute atomic E-state index is 0.276. The Hall–Kier alpha value is -5.04. The van der Waals surface area contributed by atoms with Crippen LogP contribution < -0.4 is 15.0 Å². The summed E-state index contributed by atoms with van der Waals surface area (Å²) < 4.78 is 12.3. The van der Waals surface area contributed by atoms with Crippen molar-refractivity contribution in [2.75, 3.05) is 7.11 Å². The standard InChI is InChI=1S/C30H23N3O4/c1-20-9-8-12-23(17-20)28-32-25-14-7-6-13-24(25)29(34)33(28)31-19-21-15-16-26(27(18-21)36-2)37-30(35)22-10-4-3-5-11-22/h3-19H,1-2H3. The van der Waals surface area contributed by atoms with E-state index >= 15 is 0 Å². The molecule has 0 fully saturated rings. The van der Waals surface area contributed by atoms with Crippen molar-refractivity contribution in [1.82, 2.24) is 9.66 Å². The van der Waals surface area contributed by atoms with Crippen molar-refractivity contribution in [3.63, 3.8) is 0 Å². The molecule has 0 saturated carbocycles. The summed E-state index contributed by atoms with van der Waals surface area (Å²) in [7, 11) is 1.49. The van der Waals surface area contributed by atoms with Crippen LogP contribution in [0.4, 0.5) is 0 Å². The average Bonchev–Trinajstić information content (AvgIpc) is 2.93. The number of benzene rings is 4. The fourth-order valence-electron chi connectivity index (χ4n) is 3.91. The zero-order valence-electron chi connectivity index (χ0n) is 20.3. The number of carbonyl (C=O) groups is 1. The van der Waals surface area contributed by atoms with Crippen molar-refractivity contribution in [3.8, 4) is 22.9 Å². The Labute approximate surface area is 213 Å². The van der Waals surface area contributed by atoms with Crippen LogP contribution in [0.15, 0.2) is 107 Å². The lowest BCUT2D eigenvalue weighted by Crippen LogP contribution is -2.20. The maximum absolute atomic E-state index is 13.4. The first-order chi connectivity index (χ1) is 18.0. The largest absolute Gasteiger partial charge is 0.493 e. The van der Waals surface area contributed by atoms with E-state index in [0.29, 0.717) is 33.6 Å². The van der Waals surface area contributed by atoms with Gasteiger partial charge in [0.1, 0.15) is 0 Å². The van der Waals surface area contributed by atoms with Crippen LogP contribution in [0.5, 0.6) is 11.5 Å². The molecule has 0 aliphatic rings. The first-order valence-electron chi connectivity index (χ1n) is 11.6. The number of rotatable bonds is 6. The third-order valence-corrected chi connectivity index (χ3v) is 5.75. The van der Waals surface area contributed by atoms with E-state index < -0.39 is 5.97 Å².